The van der Waals surface area contributed by atoms with Crippen molar-refractivity contribution >= 4 is 49.5 Å². The fourth-order valence-corrected chi connectivity index (χ4v) is 3.28. The van der Waals surface area contributed by atoms with Gasteiger partial charge in [-0.3, -0.25) is 10.1 Å². The molecule has 0 spiro atoms. The van der Waals surface area contributed by atoms with Crippen molar-refractivity contribution in [3.8, 4) is 11.1 Å². The van der Waals surface area contributed by atoms with E-state index in [2.05, 4.69) is 48.9 Å². The van der Waals surface area contributed by atoms with E-state index in [0.29, 0.717) is 5.56 Å². The van der Waals surface area contributed by atoms with Crippen LogP contribution in [0.15, 0.2) is 48.5 Å². The number of benzene rings is 2. The predicted molar refractivity (Wildman–Crippen MR) is 119 cm³/mol. The number of alkyl halides is 2. The number of nitrogens with zero attached hydrogens (tertiary/aromatic N) is 1. The van der Waals surface area contributed by atoms with Gasteiger partial charge in [0.25, 0.3) is 5.91 Å². The Morgan fingerprint density at radius 1 is 0.889 bits per heavy atom. The van der Waals surface area contributed by atoms with Crippen LogP contribution in [0.3, 0.4) is 0 Å². The van der Waals surface area contributed by atoms with E-state index in [1.165, 1.54) is 0 Å². The highest BCUT2D eigenvalue weighted by molar-refractivity contribution is 9.09. The SMILES string of the molecule is CC.O=C(O)NC(=O)c1ccc(-c2ccc(N(CCBr)CCBr)cc2)cc1. The first-order valence-electron chi connectivity index (χ1n) is 8.67. The zero-order chi connectivity index (χ0) is 20.2. The number of imide groups is 1. The maximum Gasteiger partial charge on any atom is 0.411 e. The molecular formula is C20H24Br2N2O3. The molecule has 0 aliphatic heterocycles. The first-order valence-corrected chi connectivity index (χ1v) is 10.9. The summed E-state index contributed by atoms with van der Waals surface area (Å²) in [6.07, 6.45) is -1.36. The maximum atomic E-state index is 11.6. The van der Waals surface area contributed by atoms with Gasteiger partial charge in [0.1, 0.15) is 0 Å². The third-order valence-corrected chi connectivity index (χ3v) is 4.35. The first-order chi connectivity index (χ1) is 13.0. The normalized spacial score (nSPS) is 9.78. The van der Waals surface area contributed by atoms with Gasteiger partial charge in [-0.2, -0.15) is 0 Å². The highest BCUT2D eigenvalue weighted by Crippen LogP contribution is 2.24. The van der Waals surface area contributed by atoms with Gasteiger partial charge in [0.05, 0.1) is 0 Å². The highest BCUT2D eigenvalue weighted by atomic mass is 79.9. The van der Waals surface area contributed by atoms with Crippen LogP contribution < -0.4 is 10.2 Å². The van der Waals surface area contributed by atoms with E-state index in [1.807, 2.05) is 31.3 Å². The highest BCUT2D eigenvalue weighted by Gasteiger charge is 2.09. The molecule has 0 saturated heterocycles. The van der Waals surface area contributed by atoms with Gasteiger partial charge in [0.2, 0.25) is 0 Å². The molecule has 27 heavy (non-hydrogen) atoms. The van der Waals surface area contributed by atoms with E-state index in [-0.39, 0.29) is 0 Å². The van der Waals surface area contributed by atoms with Gasteiger partial charge in [0, 0.05) is 35.0 Å². The number of rotatable bonds is 7. The van der Waals surface area contributed by atoms with E-state index in [1.54, 1.807) is 24.3 Å². The Hall–Kier alpha value is -1.86. The third-order valence-electron chi connectivity index (χ3n) is 3.64. The fourth-order valence-electron chi connectivity index (χ4n) is 2.42. The lowest BCUT2D eigenvalue weighted by Crippen LogP contribution is -2.28. The van der Waals surface area contributed by atoms with Crippen molar-refractivity contribution in [2.45, 2.75) is 13.8 Å². The molecule has 0 unspecified atom stereocenters. The lowest BCUT2D eigenvalue weighted by atomic mass is 10.0. The summed E-state index contributed by atoms with van der Waals surface area (Å²) >= 11 is 6.95. The molecule has 0 aliphatic carbocycles. The predicted octanol–water partition coefficient (Wildman–Crippen LogP) is 5.38. The lowest BCUT2D eigenvalue weighted by molar-refractivity contribution is 0.0948. The molecule has 7 heteroatoms. The third kappa shape index (κ3) is 7.34. The lowest BCUT2D eigenvalue weighted by Gasteiger charge is -2.23. The largest absolute Gasteiger partial charge is 0.465 e. The average molecular weight is 500 g/mol. The van der Waals surface area contributed by atoms with E-state index >= 15 is 0 Å². The number of anilines is 1. The summed E-state index contributed by atoms with van der Waals surface area (Å²) in [6.45, 7) is 5.86. The van der Waals surface area contributed by atoms with Crippen LogP contribution in [0.4, 0.5) is 10.5 Å². The Labute approximate surface area is 177 Å². The number of halogens is 2. The second-order valence-electron chi connectivity index (χ2n) is 5.25. The van der Waals surface area contributed by atoms with Crippen molar-refractivity contribution in [3.63, 3.8) is 0 Å². The van der Waals surface area contributed by atoms with E-state index in [9.17, 15) is 9.59 Å². The van der Waals surface area contributed by atoms with Gasteiger partial charge in [-0.25, -0.2) is 4.79 Å². The molecule has 2 N–H and O–H groups in total. The summed E-state index contributed by atoms with van der Waals surface area (Å²) in [5.41, 5.74) is 3.46. The van der Waals surface area contributed by atoms with Crippen LogP contribution in [0.2, 0.25) is 0 Å². The van der Waals surface area contributed by atoms with E-state index in [4.69, 9.17) is 5.11 Å². The number of carbonyl (C=O) groups excluding carboxylic acids is 1. The molecule has 2 amide bonds. The van der Waals surface area contributed by atoms with Crippen molar-refractivity contribution in [2.75, 3.05) is 28.6 Å². The summed E-state index contributed by atoms with van der Waals surface area (Å²) in [6, 6.07) is 15.1. The standard InChI is InChI=1S/C18H18Br2N2O3.C2H6/c19-9-11-22(12-10-20)16-7-5-14(6-8-16)13-1-3-15(4-2-13)17(23)21-18(24)25;1-2/h1-8H,9-12H2,(H,21,23)(H,24,25);1-2H3. The van der Waals surface area contributed by atoms with Gasteiger partial charge in [-0.15, -0.1) is 0 Å². The number of hydrogen-bond acceptors (Lipinski definition) is 3. The minimum atomic E-state index is -1.36. The topological polar surface area (TPSA) is 69.6 Å². The molecule has 2 aromatic carbocycles. The zero-order valence-corrected chi connectivity index (χ0v) is 18.6. The second-order valence-corrected chi connectivity index (χ2v) is 6.83. The molecular weight excluding hydrogens is 476 g/mol. The van der Waals surface area contributed by atoms with Crippen LogP contribution in [0.25, 0.3) is 11.1 Å². The van der Waals surface area contributed by atoms with Crippen molar-refractivity contribution < 1.29 is 14.7 Å². The monoisotopic (exact) mass is 498 g/mol. The number of hydrogen-bond donors (Lipinski definition) is 2. The molecule has 0 aliphatic rings. The van der Waals surface area contributed by atoms with Crippen LogP contribution in [-0.4, -0.2) is 40.9 Å². The molecule has 0 radical (unpaired) electrons. The van der Waals surface area contributed by atoms with Gasteiger partial charge >= 0.3 is 6.09 Å². The van der Waals surface area contributed by atoms with Crippen molar-refractivity contribution in [1.82, 2.24) is 5.32 Å². The molecule has 2 rings (SSSR count). The van der Waals surface area contributed by atoms with E-state index < -0.39 is 12.0 Å². The van der Waals surface area contributed by atoms with Crippen molar-refractivity contribution in [1.29, 1.82) is 0 Å². The van der Waals surface area contributed by atoms with E-state index in [0.717, 1.165) is 40.6 Å². The Morgan fingerprint density at radius 3 is 1.74 bits per heavy atom. The molecule has 0 saturated carbocycles. The van der Waals surface area contributed by atoms with Gasteiger partial charge in [0.15, 0.2) is 0 Å². The Bertz CT molecular complexity index is 713. The first kappa shape index (κ1) is 23.2. The summed E-state index contributed by atoms with van der Waals surface area (Å²) in [5, 5.41) is 12.2. The quantitative estimate of drug-likeness (QED) is 0.501. The maximum absolute atomic E-state index is 11.6. The summed E-state index contributed by atoms with van der Waals surface area (Å²) in [7, 11) is 0. The van der Waals surface area contributed by atoms with Crippen molar-refractivity contribution in [3.05, 3.63) is 54.1 Å². The number of carbonyl (C=O) groups is 2. The Morgan fingerprint density at radius 2 is 1.33 bits per heavy atom. The molecule has 2 aromatic rings. The summed E-state index contributed by atoms with van der Waals surface area (Å²) < 4.78 is 0. The van der Waals surface area contributed by atoms with Crippen LogP contribution in [0, 0.1) is 0 Å². The summed E-state index contributed by atoms with van der Waals surface area (Å²) in [4.78, 5) is 24.4. The molecule has 0 fully saturated rings. The fraction of sp³-hybridized carbons (Fsp3) is 0.300. The van der Waals surface area contributed by atoms with Crippen LogP contribution >= 0.6 is 31.9 Å². The molecule has 0 heterocycles. The molecule has 0 atom stereocenters. The molecule has 146 valence electrons. The Kier molecular flexibility index (Phi) is 10.7. The van der Waals surface area contributed by atoms with Crippen LogP contribution in [0.1, 0.15) is 24.2 Å². The molecule has 5 nitrogen and oxygen atoms in total. The minimum absolute atomic E-state index is 0.309. The Balaban J connectivity index is 0.00000176. The molecule has 0 bridgehead atoms. The molecule has 0 aromatic heterocycles. The van der Waals surface area contributed by atoms with Gasteiger partial charge in [-0.05, 0) is 35.4 Å². The summed E-state index contributed by atoms with van der Waals surface area (Å²) in [5.74, 6) is -0.630. The van der Waals surface area contributed by atoms with Crippen LogP contribution in [0.5, 0.6) is 0 Å². The number of nitrogens with one attached hydrogen (secondary N) is 1. The van der Waals surface area contributed by atoms with Crippen molar-refractivity contribution in [2.24, 2.45) is 0 Å². The van der Waals surface area contributed by atoms with Crippen LogP contribution in [-0.2, 0) is 0 Å². The minimum Gasteiger partial charge on any atom is -0.465 e. The zero-order valence-electron chi connectivity index (χ0n) is 15.4. The number of carboxylic acid groups (broad SMARTS) is 1. The second kappa shape index (κ2) is 12.5. The smallest absolute Gasteiger partial charge is 0.411 e. The number of amides is 2. The van der Waals surface area contributed by atoms with Gasteiger partial charge < -0.3 is 10.0 Å². The van der Waals surface area contributed by atoms with Gasteiger partial charge in [-0.1, -0.05) is 70.0 Å². The average Bonchev–Trinajstić information content (AvgIpc) is 2.69.